The zero-order chi connectivity index (χ0) is 28.9. The number of hydrogen-bond donors (Lipinski definition) is 1. The summed E-state index contributed by atoms with van der Waals surface area (Å²) in [6.45, 7) is 6.96. The molecular weight excluding hydrogens is 548 g/mol. The van der Waals surface area contributed by atoms with E-state index in [2.05, 4.69) is 25.2 Å². The number of para-hydroxylation sites is 2. The van der Waals surface area contributed by atoms with Crippen molar-refractivity contribution in [2.75, 3.05) is 70.6 Å². The lowest BCUT2D eigenvalue weighted by molar-refractivity contribution is -0.126. The van der Waals surface area contributed by atoms with E-state index in [-0.39, 0.29) is 29.6 Å². The number of nitrogens with one attached hydrogen (secondary N) is 1. The molecule has 0 radical (unpaired) electrons. The standard InChI is InChI=1S/C29H37F2N7O4/c30-26(31)27-33-22-3-1-2-4-23(22)38(27)24-19-25(35-29(34-24)37-13-17-41-18-14-37)42-21-7-5-20(6-8-21)28(39)32-9-10-36-11-15-40-16-12-36/h1-4,19-21,26H,5-18H2,(H,32,39). The van der Waals surface area contributed by atoms with Gasteiger partial charge >= 0.3 is 0 Å². The molecule has 11 nitrogen and oxygen atoms in total. The number of carbonyl (C=O) groups is 1. The first-order chi connectivity index (χ1) is 20.5. The summed E-state index contributed by atoms with van der Waals surface area (Å²) in [5.74, 6) is 0.653. The summed E-state index contributed by atoms with van der Waals surface area (Å²) in [6, 6.07) is 8.61. The first-order valence-electron chi connectivity index (χ1n) is 14.8. The highest BCUT2D eigenvalue weighted by atomic mass is 19.3. The summed E-state index contributed by atoms with van der Waals surface area (Å²) >= 11 is 0. The number of hydrogen-bond acceptors (Lipinski definition) is 9. The number of rotatable bonds is 9. The van der Waals surface area contributed by atoms with Gasteiger partial charge in [0.25, 0.3) is 6.43 Å². The third-order valence-corrected chi connectivity index (χ3v) is 8.15. The predicted octanol–water partition coefficient (Wildman–Crippen LogP) is 2.98. The molecule has 1 amide bonds. The Labute approximate surface area is 243 Å². The Morgan fingerprint density at radius 3 is 2.43 bits per heavy atom. The van der Waals surface area contributed by atoms with Crippen LogP contribution in [0.25, 0.3) is 16.9 Å². The number of alkyl halides is 2. The first-order valence-corrected chi connectivity index (χ1v) is 14.8. The van der Waals surface area contributed by atoms with E-state index in [0.29, 0.717) is 81.4 Å². The maximum absolute atomic E-state index is 14.1. The van der Waals surface area contributed by atoms with E-state index < -0.39 is 6.43 Å². The van der Waals surface area contributed by atoms with Gasteiger partial charge in [-0.1, -0.05) is 12.1 Å². The van der Waals surface area contributed by atoms with Crippen LogP contribution in [0.4, 0.5) is 14.7 Å². The van der Waals surface area contributed by atoms with E-state index in [9.17, 15) is 13.6 Å². The summed E-state index contributed by atoms with van der Waals surface area (Å²) in [7, 11) is 0. The molecule has 0 unspecified atom stereocenters. The summed E-state index contributed by atoms with van der Waals surface area (Å²) in [6.07, 6.45) is -0.113. The molecule has 226 valence electrons. The fraction of sp³-hybridized carbons (Fsp3) is 0.586. The van der Waals surface area contributed by atoms with Crippen LogP contribution in [-0.4, -0.2) is 102 Å². The molecule has 3 aromatic rings. The topological polar surface area (TPSA) is 107 Å². The zero-order valence-electron chi connectivity index (χ0n) is 23.6. The molecule has 1 aromatic carbocycles. The van der Waals surface area contributed by atoms with Crippen LogP contribution in [0.1, 0.15) is 37.9 Å². The molecule has 2 aromatic heterocycles. The lowest BCUT2D eigenvalue weighted by atomic mass is 9.87. The molecule has 1 saturated carbocycles. The second-order valence-corrected chi connectivity index (χ2v) is 10.9. The van der Waals surface area contributed by atoms with Crippen molar-refractivity contribution in [3.8, 4) is 11.7 Å². The number of halogens is 2. The second kappa shape index (κ2) is 13.3. The van der Waals surface area contributed by atoms with Gasteiger partial charge < -0.3 is 24.4 Å². The van der Waals surface area contributed by atoms with Crippen LogP contribution in [0.15, 0.2) is 30.3 Å². The van der Waals surface area contributed by atoms with Gasteiger partial charge in [0.2, 0.25) is 17.7 Å². The van der Waals surface area contributed by atoms with Crippen molar-refractivity contribution in [3.63, 3.8) is 0 Å². The third-order valence-electron chi connectivity index (χ3n) is 8.15. The largest absolute Gasteiger partial charge is 0.474 e. The number of carbonyl (C=O) groups excluding carboxylic acids is 1. The van der Waals surface area contributed by atoms with Crippen LogP contribution in [0.3, 0.4) is 0 Å². The maximum Gasteiger partial charge on any atom is 0.296 e. The van der Waals surface area contributed by atoms with Gasteiger partial charge in [0.15, 0.2) is 5.82 Å². The van der Waals surface area contributed by atoms with Crippen LogP contribution >= 0.6 is 0 Å². The number of benzene rings is 1. The highest BCUT2D eigenvalue weighted by Crippen LogP contribution is 2.32. The Bertz CT molecular complexity index is 1350. The molecule has 6 rings (SSSR count). The monoisotopic (exact) mass is 585 g/mol. The molecular formula is C29H37F2N7O4. The molecule has 4 heterocycles. The number of nitrogens with zero attached hydrogens (tertiary/aromatic N) is 6. The average Bonchev–Trinajstić information content (AvgIpc) is 3.42. The fourth-order valence-electron chi connectivity index (χ4n) is 5.83. The minimum Gasteiger partial charge on any atom is -0.474 e. The van der Waals surface area contributed by atoms with Crippen molar-refractivity contribution in [1.29, 1.82) is 0 Å². The van der Waals surface area contributed by atoms with E-state index in [1.165, 1.54) is 4.57 Å². The average molecular weight is 586 g/mol. The van der Waals surface area contributed by atoms with E-state index in [0.717, 1.165) is 32.8 Å². The number of ether oxygens (including phenoxy) is 3. The quantitative estimate of drug-likeness (QED) is 0.406. The number of fused-ring (bicyclic) bond motifs is 1. The fourth-order valence-corrected chi connectivity index (χ4v) is 5.83. The highest BCUT2D eigenvalue weighted by molar-refractivity contribution is 5.79. The van der Waals surface area contributed by atoms with Crippen molar-refractivity contribution >= 4 is 22.9 Å². The van der Waals surface area contributed by atoms with Gasteiger partial charge in [-0.05, 0) is 37.8 Å². The molecule has 3 fully saturated rings. The van der Waals surface area contributed by atoms with E-state index in [4.69, 9.17) is 14.2 Å². The number of anilines is 1. The molecule has 0 spiro atoms. The van der Waals surface area contributed by atoms with Gasteiger partial charge in [0.1, 0.15) is 11.9 Å². The molecule has 42 heavy (non-hydrogen) atoms. The summed E-state index contributed by atoms with van der Waals surface area (Å²) in [5.41, 5.74) is 0.994. The van der Waals surface area contributed by atoms with E-state index in [1.807, 2.05) is 4.90 Å². The van der Waals surface area contributed by atoms with Crippen molar-refractivity contribution in [2.24, 2.45) is 5.92 Å². The number of aromatic nitrogens is 4. The van der Waals surface area contributed by atoms with Crippen molar-refractivity contribution in [1.82, 2.24) is 29.7 Å². The Kier molecular flexibility index (Phi) is 9.06. The summed E-state index contributed by atoms with van der Waals surface area (Å²) in [4.78, 5) is 30.6. The SMILES string of the molecule is O=C(NCCN1CCOCC1)C1CCC(Oc2cc(-n3c(C(F)F)nc4ccccc43)nc(N3CCOCC3)n2)CC1. The van der Waals surface area contributed by atoms with Crippen molar-refractivity contribution in [2.45, 2.75) is 38.2 Å². The lowest BCUT2D eigenvalue weighted by Gasteiger charge is -2.30. The zero-order valence-corrected chi connectivity index (χ0v) is 23.6. The van der Waals surface area contributed by atoms with Crippen LogP contribution in [0.5, 0.6) is 5.88 Å². The highest BCUT2D eigenvalue weighted by Gasteiger charge is 2.29. The van der Waals surface area contributed by atoms with Crippen LogP contribution in [-0.2, 0) is 14.3 Å². The van der Waals surface area contributed by atoms with E-state index >= 15 is 0 Å². The molecule has 13 heteroatoms. The van der Waals surface area contributed by atoms with Crippen LogP contribution in [0, 0.1) is 5.92 Å². The number of morpholine rings is 2. The first kappa shape index (κ1) is 28.7. The Hall–Kier alpha value is -3.42. The minimum absolute atomic E-state index is 0.0506. The van der Waals surface area contributed by atoms with Crippen molar-refractivity contribution < 1.29 is 27.8 Å². The van der Waals surface area contributed by atoms with Gasteiger partial charge in [0, 0.05) is 51.3 Å². The molecule has 2 aliphatic heterocycles. The van der Waals surface area contributed by atoms with Crippen molar-refractivity contribution in [3.05, 3.63) is 36.2 Å². The molecule has 2 saturated heterocycles. The lowest BCUT2D eigenvalue weighted by Crippen LogP contribution is -2.43. The summed E-state index contributed by atoms with van der Waals surface area (Å²) < 4.78 is 46.9. The molecule has 0 atom stereocenters. The Morgan fingerprint density at radius 2 is 1.69 bits per heavy atom. The van der Waals surface area contributed by atoms with Gasteiger partial charge in [0.05, 0.1) is 37.5 Å². The normalized spacial score (nSPS) is 22.0. The van der Waals surface area contributed by atoms with Gasteiger partial charge in [-0.15, -0.1) is 0 Å². The maximum atomic E-state index is 14.1. The molecule has 1 aliphatic carbocycles. The molecule has 1 N–H and O–H groups in total. The van der Waals surface area contributed by atoms with Crippen LogP contribution < -0.4 is 15.0 Å². The molecule has 3 aliphatic rings. The minimum atomic E-state index is -2.79. The number of imidazole rings is 1. The second-order valence-electron chi connectivity index (χ2n) is 10.9. The van der Waals surface area contributed by atoms with Gasteiger partial charge in [-0.3, -0.25) is 14.3 Å². The number of amides is 1. The van der Waals surface area contributed by atoms with Gasteiger partial charge in [-0.25, -0.2) is 13.8 Å². The van der Waals surface area contributed by atoms with Gasteiger partial charge in [-0.2, -0.15) is 9.97 Å². The van der Waals surface area contributed by atoms with E-state index in [1.54, 1.807) is 30.3 Å². The molecule has 0 bridgehead atoms. The predicted molar refractivity (Wildman–Crippen MR) is 151 cm³/mol. The smallest absolute Gasteiger partial charge is 0.296 e. The van der Waals surface area contributed by atoms with Crippen LogP contribution in [0.2, 0.25) is 0 Å². The Morgan fingerprint density at radius 1 is 0.976 bits per heavy atom. The third kappa shape index (κ3) is 6.63. The Balaban J connectivity index is 1.16. The summed E-state index contributed by atoms with van der Waals surface area (Å²) in [5, 5.41) is 3.09.